The molecule has 2 nitrogen and oxygen atoms in total. The molecule has 0 aliphatic heterocycles. The van der Waals surface area contributed by atoms with Crippen molar-refractivity contribution in [1.82, 2.24) is 0 Å². The molecule has 0 heterocycles. The smallest absolute Gasteiger partial charge is 0.0540 e. The Labute approximate surface area is 117 Å². The Hall–Kier alpha value is -0.860. The summed E-state index contributed by atoms with van der Waals surface area (Å²) in [5.74, 6) is 1.15. The molecule has 0 saturated heterocycles. The molecule has 1 aliphatic rings. The van der Waals surface area contributed by atoms with Crippen LogP contribution in [0.2, 0.25) is 0 Å². The molecule has 0 spiro atoms. The van der Waals surface area contributed by atoms with Gasteiger partial charge in [-0.05, 0) is 55.1 Å². The monoisotopic (exact) mass is 261 g/mol. The first-order chi connectivity index (χ1) is 9.11. The second-order valence-corrected chi connectivity index (χ2v) is 6.07. The highest BCUT2D eigenvalue weighted by Gasteiger charge is 2.25. The van der Waals surface area contributed by atoms with Crippen molar-refractivity contribution in [2.24, 2.45) is 11.7 Å². The number of benzene rings is 1. The minimum atomic E-state index is -0.101. The van der Waals surface area contributed by atoms with E-state index in [9.17, 15) is 5.11 Å². The van der Waals surface area contributed by atoms with Crippen molar-refractivity contribution in [2.45, 2.75) is 64.0 Å². The molecule has 19 heavy (non-hydrogen) atoms. The van der Waals surface area contributed by atoms with Gasteiger partial charge in [0.1, 0.15) is 0 Å². The molecule has 2 atom stereocenters. The first-order valence-corrected chi connectivity index (χ1v) is 7.65. The van der Waals surface area contributed by atoms with Gasteiger partial charge in [0, 0.05) is 6.04 Å². The van der Waals surface area contributed by atoms with Crippen LogP contribution >= 0.6 is 0 Å². The SMILES string of the molecule is CCC(C)c1ccc(C(N)C2CCC(O)CC2)cc1. The van der Waals surface area contributed by atoms with Crippen molar-refractivity contribution < 1.29 is 5.11 Å². The summed E-state index contributed by atoms with van der Waals surface area (Å²) in [4.78, 5) is 0. The number of aliphatic hydroxyl groups excluding tert-OH is 1. The van der Waals surface area contributed by atoms with Gasteiger partial charge in [-0.25, -0.2) is 0 Å². The minimum Gasteiger partial charge on any atom is -0.393 e. The van der Waals surface area contributed by atoms with Gasteiger partial charge in [0.15, 0.2) is 0 Å². The molecule has 0 radical (unpaired) electrons. The molecule has 2 heteroatoms. The van der Waals surface area contributed by atoms with Crippen molar-refractivity contribution in [3.8, 4) is 0 Å². The predicted octanol–water partition coefficient (Wildman–Crippen LogP) is 3.75. The van der Waals surface area contributed by atoms with E-state index in [2.05, 4.69) is 38.1 Å². The third kappa shape index (κ3) is 3.58. The van der Waals surface area contributed by atoms with Crippen LogP contribution in [0.3, 0.4) is 0 Å². The van der Waals surface area contributed by atoms with Crippen molar-refractivity contribution >= 4 is 0 Å². The van der Waals surface area contributed by atoms with Crippen molar-refractivity contribution in [3.05, 3.63) is 35.4 Å². The third-order valence-corrected chi connectivity index (χ3v) is 4.75. The molecule has 3 N–H and O–H groups in total. The molecule has 1 aliphatic carbocycles. The van der Waals surface area contributed by atoms with E-state index in [-0.39, 0.29) is 12.1 Å². The zero-order chi connectivity index (χ0) is 13.8. The minimum absolute atomic E-state index is 0.101. The average molecular weight is 261 g/mol. The second kappa shape index (κ2) is 6.53. The van der Waals surface area contributed by atoms with E-state index in [0.29, 0.717) is 11.8 Å². The van der Waals surface area contributed by atoms with E-state index in [4.69, 9.17) is 5.73 Å². The zero-order valence-corrected chi connectivity index (χ0v) is 12.2. The maximum atomic E-state index is 9.56. The maximum Gasteiger partial charge on any atom is 0.0540 e. The lowest BCUT2D eigenvalue weighted by Gasteiger charge is -2.30. The topological polar surface area (TPSA) is 46.2 Å². The van der Waals surface area contributed by atoms with Crippen LogP contribution in [-0.4, -0.2) is 11.2 Å². The summed E-state index contributed by atoms with van der Waals surface area (Å²) in [5, 5.41) is 9.56. The number of hydrogen-bond acceptors (Lipinski definition) is 2. The molecule has 0 aromatic heterocycles. The van der Waals surface area contributed by atoms with Gasteiger partial charge in [0.05, 0.1) is 6.10 Å². The molecule has 0 bridgehead atoms. The molecule has 1 saturated carbocycles. The van der Waals surface area contributed by atoms with Gasteiger partial charge in [-0.1, -0.05) is 38.1 Å². The van der Waals surface area contributed by atoms with E-state index in [1.807, 2.05) is 0 Å². The van der Waals surface area contributed by atoms with Crippen LogP contribution in [0.25, 0.3) is 0 Å². The average Bonchev–Trinajstić information content (AvgIpc) is 2.46. The van der Waals surface area contributed by atoms with Crippen molar-refractivity contribution in [2.75, 3.05) is 0 Å². The van der Waals surface area contributed by atoms with Crippen LogP contribution in [0.1, 0.15) is 69.0 Å². The molecule has 106 valence electrons. The summed E-state index contributed by atoms with van der Waals surface area (Å²) >= 11 is 0. The fourth-order valence-corrected chi connectivity index (χ4v) is 3.02. The number of rotatable bonds is 4. The van der Waals surface area contributed by atoms with Gasteiger partial charge < -0.3 is 10.8 Å². The van der Waals surface area contributed by atoms with E-state index < -0.39 is 0 Å². The van der Waals surface area contributed by atoms with Crippen LogP contribution in [0.5, 0.6) is 0 Å². The van der Waals surface area contributed by atoms with Crippen LogP contribution < -0.4 is 5.73 Å². The lowest BCUT2D eigenvalue weighted by molar-refractivity contribution is 0.102. The summed E-state index contributed by atoms with van der Waals surface area (Å²) in [6.45, 7) is 4.48. The fraction of sp³-hybridized carbons (Fsp3) is 0.647. The van der Waals surface area contributed by atoms with Crippen LogP contribution in [0, 0.1) is 5.92 Å². The highest BCUT2D eigenvalue weighted by atomic mass is 16.3. The van der Waals surface area contributed by atoms with Crippen molar-refractivity contribution in [1.29, 1.82) is 0 Å². The normalized spacial score (nSPS) is 26.9. The van der Waals surface area contributed by atoms with Gasteiger partial charge >= 0.3 is 0 Å². The maximum absolute atomic E-state index is 9.56. The molecular weight excluding hydrogens is 234 g/mol. The molecule has 0 amide bonds. The van der Waals surface area contributed by atoms with Gasteiger partial charge in [-0.15, -0.1) is 0 Å². The standard InChI is InChI=1S/C17H27NO/c1-3-12(2)13-4-6-14(7-5-13)17(18)15-8-10-16(19)11-9-15/h4-7,12,15-17,19H,3,8-11,18H2,1-2H3. The van der Waals surface area contributed by atoms with Gasteiger partial charge in [-0.2, -0.15) is 0 Å². The Morgan fingerprint density at radius 3 is 2.16 bits per heavy atom. The van der Waals surface area contributed by atoms with Gasteiger partial charge in [0.2, 0.25) is 0 Å². The third-order valence-electron chi connectivity index (χ3n) is 4.75. The van der Waals surface area contributed by atoms with Gasteiger partial charge in [0.25, 0.3) is 0 Å². The summed E-state index contributed by atoms with van der Waals surface area (Å²) < 4.78 is 0. The lowest BCUT2D eigenvalue weighted by atomic mass is 9.80. The Kier molecular flexibility index (Phi) is 5.00. The summed E-state index contributed by atoms with van der Waals surface area (Å²) in [6.07, 6.45) is 4.99. The second-order valence-electron chi connectivity index (χ2n) is 6.07. The predicted molar refractivity (Wildman–Crippen MR) is 80.0 cm³/mol. The number of aliphatic hydroxyl groups is 1. The Morgan fingerprint density at radius 1 is 1.11 bits per heavy atom. The van der Waals surface area contributed by atoms with Gasteiger partial charge in [-0.3, -0.25) is 0 Å². The molecule has 1 fully saturated rings. The van der Waals surface area contributed by atoms with E-state index in [0.717, 1.165) is 25.7 Å². The Morgan fingerprint density at radius 2 is 1.63 bits per heavy atom. The lowest BCUT2D eigenvalue weighted by Crippen LogP contribution is -2.27. The largest absolute Gasteiger partial charge is 0.393 e. The fourth-order valence-electron chi connectivity index (χ4n) is 3.02. The highest BCUT2D eigenvalue weighted by Crippen LogP contribution is 2.33. The summed E-state index contributed by atoms with van der Waals surface area (Å²) in [7, 11) is 0. The van der Waals surface area contributed by atoms with E-state index in [1.54, 1.807) is 0 Å². The summed E-state index contributed by atoms with van der Waals surface area (Å²) in [6, 6.07) is 8.95. The molecular formula is C17H27NO. The molecule has 1 aromatic rings. The molecule has 1 aromatic carbocycles. The Bertz CT molecular complexity index is 379. The number of hydrogen-bond donors (Lipinski definition) is 2. The highest BCUT2D eigenvalue weighted by molar-refractivity contribution is 5.27. The molecule has 2 rings (SSSR count). The van der Waals surface area contributed by atoms with Crippen LogP contribution in [-0.2, 0) is 0 Å². The van der Waals surface area contributed by atoms with Crippen LogP contribution in [0.15, 0.2) is 24.3 Å². The zero-order valence-electron chi connectivity index (χ0n) is 12.2. The first-order valence-electron chi connectivity index (χ1n) is 7.65. The van der Waals surface area contributed by atoms with Crippen molar-refractivity contribution in [3.63, 3.8) is 0 Å². The Balaban J connectivity index is 2.01. The molecule has 2 unspecified atom stereocenters. The van der Waals surface area contributed by atoms with E-state index >= 15 is 0 Å². The first kappa shape index (κ1) is 14.5. The quantitative estimate of drug-likeness (QED) is 0.867. The van der Waals surface area contributed by atoms with Crippen LogP contribution in [0.4, 0.5) is 0 Å². The van der Waals surface area contributed by atoms with E-state index in [1.165, 1.54) is 17.5 Å². The number of nitrogens with two attached hydrogens (primary N) is 1. The summed E-state index contributed by atoms with van der Waals surface area (Å²) in [5.41, 5.74) is 9.04.